The molecule has 1 atom stereocenters. The summed E-state index contributed by atoms with van der Waals surface area (Å²) in [5.74, 6) is 0.898. The molecule has 1 aromatic carbocycles. The molecule has 0 unspecified atom stereocenters. The van der Waals surface area contributed by atoms with Crippen LogP contribution >= 0.6 is 0 Å². The Balaban J connectivity index is 2.02. The van der Waals surface area contributed by atoms with Crippen molar-refractivity contribution in [3.05, 3.63) is 23.8 Å². The summed E-state index contributed by atoms with van der Waals surface area (Å²) >= 11 is 0. The van der Waals surface area contributed by atoms with Crippen molar-refractivity contribution in [2.75, 3.05) is 27.3 Å². The van der Waals surface area contributed by atoms with Crippen LogP contribution in [0.5, 0.6) is 11.5 Å². The number of methoxy groups -OCH3 is 2. The molecule has 0 saturated carbocycles. The highest BCUT2D eigenvalue weighted by molar-refractivity contribution is 5.93. The number of nitrogens with zero attached hydrogens (tertiary/aromatic N) is 1. The van der Waals surface area contributed by atoms with Gasteiger partial charge in [-0.2, -0.15) is 0 Å². The summed E-state index contributed by atoms with van der Waals surface area (Å²) in [6.45, 7) is 5.22. The molecule has 0 N–H and O–H groups in total. The van der Waals surface area contributed by atoms with Crippen molar-refractivity contribution in [2.24, 2.45) is 5.92 Å². The van der Waals surface area contributed by atoms with E-state index >= 15 is 0 Å². The van der Waals surface area contributed by atoms with Gasteiger partial charge in [0.15, 0.2) is 6.10 Å². The van der Waals surface area contributed by atoms with Crippen LogP contribution in [0.25, 0.3) is 0 Å². The van der Waals surface area contributed by atoms with Gasteiger partial charge >= 0.3 is 5.97 Å². The van der Waals surface area contributed by atoms with Crippen LogP contribution in [0.3, 0.4) is 0 Å². The summed E-state index contributed by atoms with van der Waals surface area (Å²) in [5, 5.41) is 0. The van der Waals surface area contributed by atoms with E-state index in [4.69, 9.17) is 14.2 Å². The molecule has 0 aliphatic carbocycles. The molecule has 1 aliphatic heterocycles. The van der Waals surface area contributed by atoms with Crippen LogP contribution in [0.2, 0.25) is 0 Å². The van der Waals surface area contributed by atoms with Crippen LogP contribution in [0.4, 0.5) is 0 Å². The molecular weight excluding hydrogens is 310 g/mol. The van der Waals surface area contributed by atoms with E-state index in [2.05, 4.69) is 6.92 Å². The Bertz CT molecular complexity index is 571. The van der Waals surface area contributed by atoms with Crippen molar-refractivity contribution in [1.82, 2.24) is 4.90 Å². The van der Waals surface area contributed by atoms with E-state index in [1.54, 1.807) is 30.0 Å². The third kappa shape index (κ3) is 4.40. The standard InChI is InChI=1S/C18H25NO5/c1-12-5-7-19(8-6-12)17(20)13(2)24-18(21)14-9-15(22-3)11-16(10-14)23-4/h9-13H,5-8H2,1-4H3/t13-/m1/s1. The highest BCUT2D eigenvalue weighted by Crippen LogP contribution is 2.23. The van der Waals surface area contributed by atoms with Crippen molar-refractivity contribution in [3.63, 3.8) is 0 Å². The van der Waals surface area contributed by atoms with Crippen molar-refractivity contribution in [3.8, 4) is 11.5 Å². The number of esters is 1. The van der Waals surface area contributed by atoms with Crippen LogP contribution in [0.1, 0.15) is 37.0 Å². The van der Waals surface area contributed by atoms with E-state index in [0.29, 0.717) is 17.4 Å². The average Bonchev–Trinajstić information content (AvgIpc) is 2.61. The van der Waals surface area contributed by atoms with E-state index in [1.165, 1.54) is 14.2 Å². The normalized spacial score (nSPS) is 16.4. The molecule has 132 valence electrons. The number of amides is 1. The van der Waals surface area contributed by atoms with Gasteiger partial charge in [-0.1, -0.05) is 6.92 Å². The summed E-state index contributed by atoms with van der Waals surface area (Å²) in [6.07, 6.45) is 1.15. The second-order valence-corrected chi connectivity index (χ2v) is 6.16. The minimum atomic E-state index is -0.817. The van der Waals surface area contributed by atoms with Gasteiger partial charge in [0.2, 0.25) is 0 Å². The van der Waals surface area contributed by atoms with Gasteiger partial charge in [-0.25, -0.2) is 4.79 Å². The molecule has 0 radical (unpaired) electrons. The Morgan fingerprint density at radius 1 is 1.08 bits per heavy atom. The van der Waals surface area contributed by atoms with Gasteiger partial charge in [0, 0.05) is 19.2 Å². The van der Waals surface area contributed by atoms with Crippen molar-refractivity contribution in [1.29, 1.82) is 0 Å². The first-order valence-electron chi connectivity index (χ1n) is 8.17. The minimum absolute atomic E-state index is 0.148. The molecule has 1 saturated heterocycles. The predicted molar refractivity (Wildman–Crippen MR) is 89.4 cm³/mol. The summed E-state index contributed by atoms with van der Waals surface area (Å²) in [6, 6.07) is 4.79. The van der Waals surface area contributed by atoms with Crippen molar-refractivity contribution < 1.29 is 23.8 Å². The van der Waals surface area contributed by atoms with Gasteiger partial charge in [0.25, 0.3) is 5.91 Å². The Morgan fingerprint density at radius 3 is 2.12 bits per heavy atom. The molecule has 0 bridgehead atoms. The van der Waals surface area contributed by atoms with Crippen LogP contribution in [-0.4, -0.2) is 50.2 Å². The number of likely N-dealkylation sites (tertiary alicyclic amines) is 1. The maximum absolute atomic E-state index is 12.4. The van der Waals surface area contributed by atoms with Crippen LogP contribution in [-0.2, 0) is 9.53 Å². The second-order valence-electron chi connectivity index (χ2n) is 6.16. The summed E-state index contributed by atoms with van der Waals surface area (Å²) < 4.78 is 15.6. The Morgan fingerprint density at radius 2 is 1.62 bits per heavy atom. The van der Waals surface area contributed by atoms with E-state index in [1.807, 2.05) is 0 Å². The Labute approximate surface area is 142 Å². The molecule has 6 nitrogen and oxygen atoms in total. The Hall–Kier alpha value is -2.24. The number of benzene rings is 1. The third-order valence-corrected chi connectivity index (χ3v) is 4.31. The maximum atomic E-state index is 12.4. The number of carbonyl (C=O) groups excluding carboxylic acids is 2. The fraction of sp³-hybridized carbons (Fsp3) is 0.556. The van der Waals surface area contributed by atoms with E-state index in [-0.39, 0.29) is 11.5 Å². The summed E-state index contributed by atoms with van der Waals surface area (Å²) in [5.41, 5.74) is 0.290. The smallest absolute Gasteiger partial charge is 0.339 e. The van der Waals surface area contributed by atoms with Crippen molar-refractivity contribution in [2.45, 2.75) is 32.8 Å². The van der Waals surface area contributed by atoms with Crippen LogP contribution < -0.4 is 9.47 Å². The SMILES string of the molecule is COc1cc(OC)cc(C(=O)O[C@H](C)C(=O)N2CCC(C)CC2)c1. The zero-order chi connectivity index (χ0) is 17.7. The molecule has 0 aromatic heterocycles. The van der Waals surface area contributed by atoms with E-state index < -0.39 is 12.1 Å². The molecule has 24 heavy (non-hydrogen) atoms. The zero-order valence-electron chi connectivity index (χ0n) is 14.7. The molecule has 1 amide bonds. The van der Waals surface area contributed by atoms with E-state index in [0.717, 1.165) is 25.9 Å². The number of ether oxygens (including phenoxy) is 3. The predicted octanol–water partition coefficient (Wildman–Crippen LogP) is 2.51. The monoisotopic (exact) mass is 335 g/mol. The lowest BCUT2D eigenvalue weighted by molar-refractivity contribution is -0.141. The average molecular weight is 335 g/mol. The first-order chi connectivity index (χ1) is 11.4. The maximum Gasteiger partial charge on any atom is 0.339 e. The Kier molecular flexibility index (Phi) is 6.06. The van der Waals surface area contributed by atoms with Gasteiger partial charge in [-0.3, -0.25) is 4.79 Å². The molecule has 0 spiro atoms. The fourth-order valence-electron chi connectivity index (χ4n) is 2.69. The lowest BCUT2D eigenvalue weighted by Gasteiger charge is -2.31. The number of rotatable bonds is 5. The second kappa shape index (κ2) is 8.04. The summed E-state index contributed by atoms with van der Waals surface area (Å²) in [4.78, 5) is 26.5. The quantitative estimate of drug-likeness (QED) is 0.774. The third-order valence-electron chi connectivity index (χ3n) is 4.31. The minimum Gasteiger partial charge on any atom is -0.497 e. The number of hydrogen-bond acceptors (Lipinski definition) is 5. The zero-order valence-corrected chi connectivity index (χ0v) is 14.7. The number of piperidine rings is 1. The topological polar surface area (TPSA) is 65.1 Å². The van der Waals surface area contributed by atoms with Gasteiger partial charge in [0.05, 0.1) is 19.8 Å². The van der Waals surface area contributed by atoms with Gasteiger partial charge in [0.1, 0.15) is 11.5 Å². The first kappa shape index (κ1) is 18.1. The van der Waals surface area contributed by atoms with Gasteiger partial charge < -0.3 is 19.1 Å². The lowest BCUT2D eigenvalue weighted by atomic mass is 9.99. The molecule has 1 fully saturated rings. The van der Waals surface area contributed by atoms with Gasteiger partial charge in [-0.15, -0.1) is 0 Å². The largest absolute Gasteiger partial charge is 0.497 e. The lowest BCUT2D eigenvalue weighted by Crippen LogP contribution is -2.44. The highest BCUT2D eigenvalue weighted by atomic mass is 16.5. The molecular formula is C18H25NO5. The van der Waals surface area contributed by atoms with Gasteiger partial charge in [-0.05, 0) is 37.8 Å². The van der Waals surface area contributed by atoms with E-state index in [9.17, 15) is 9.59 Å². The molecule has 1 heterocycles. The van der Waals surface area contributed by atoms with Crippen LogP contribution in [0.15, 0.2) is 18.2 Å². The summed E-state index contributed by atoms with van der Waals surface area (Å²) in [7, 11) is 3.01. The number of hydrogen-bond donors (Lipinski definition) is 0. The molecule has 1 aliphatic rings. The van der Waals surface area contributed by atoms with Crippen molar-refractivity contribution >= 4 is 11.9 Å². The number of carbonyl (C=O) groups is 2. The highest BCUT2D eigenvalue weighted by Gasteiger charge is 2.27. The molecule has 1 aromatic rings. The first-order valence-corrected chi connectivity index (χ1v) is 8.17. The van der Waals surface area contributed by atoms with Crippen LogP contribution in [0, 0.1) is 5.92 Å². The fourth-order valence-corrected chi connectivity index (χ4v) is 2.69. The molecule has 2 rings (SSSR count). The molecule has 6 heteroatoms.